The average Bonchev–Trinajstić information content (AvgIpc) is 3.37. The molecule has 2 atom stereocenters. The van der Waals surface area contributed by atoms with Gasteiger partial charge in [-0.3, -0.25) is 9.36 Å². The van der Waals surface area contributed by atoms with Crippen LogP contribution in [0, 0.1) is 0 Å². The third-order valence-corrected chi connectivity index (χ3v) is 5.08. The molecule has 8 heteroatoms. The van der Waals surface area contributed by atoms with Gasteiger partial charge in [0.2, 0.25) is 0 Å². The zero-order valence-corrected chi connectivity index (χ0v) is 14.7. The van der Waals surface area contributed by atoms with Gasteiger partial charge in [-0.1, -0.05) is 12.1 Å². The third kappa shape index (κ3) is 2.53. The number of hydrogen-bond acceptors (Lipinski definition) is 4. The number of methoxy groups -OCH3 is 1. The molecule has 1 aliphatic rings. The number of carbonyl (C=O) groups is 1. The lowest BCUT2D eigenvalue weighted by atomic mass is 10.1. The summed E-state index contributed by atoms with van der Waals surface area (Å²) in [6.07, 6.45) is 2.33. The first kappa shape index (κ1) is 16.6. The van der Waals surface area contributed by atoms with Gasteiger partial charge in [0.1, 0.15) is 0 Å². The Morgan fingerprint density at radius 2 is 2.23 bits per heavy atom. The molecule has 3 heterocycles. The summed E-state index contributed by atoms with van der Waals surface area (Å²) in [6.45, 7) is 2.84. The molecule has 0 saturated carbocycles. The molecular formula is C18H21N5O3. The van der Waals surface area contributed by atoms with E-state index < -0.39 is 0 Å². The van der Waals surface area contributed by atoms with Gasteiger partial charge in [0.25, 0.3) is 5.91 Å². The lowest BCUT2D eigenvalue weighted by Crippen LogP contribution is -2.34. The molecule has 0 aliphatic carbocycles. The van der Waals surface area contributed by atoms with E-state index in [1.807, 2.05) is 37.4 Å². The number of hydrogen-bond donors (Lipinski definition) is 2. The number of rotatable bonds is 4. The van der Waals surface area contributed by atoms with Crippen molar-refractivity contribution in [3.63, 3.8) is 0 Å². The molecule has 1 aromatic carbocycles. The van der Waals surface area contributed by atoms with Crippen molar-refractivity contribution < 1.29 is 9.53 Å². The molecule has 4 rings (SSSR count). The summed E-state index contributed by atoms with van der Waals surface area (Å²) in [4.78, 5) is 30.2. The highest BCUT2D eigenvalue weighted by Crippen LogP contribution is 2.34. The van der Waals surface area contributed by atoms with Gasteiger partial charge in [-0.05, 0) is 19.1 Å². The maximum Gasteiger partial charge on any atom is 0.343 e. The zero-order chi connectivity index (χ0) is 18.3. The molecule has 3 aromatic rings. The van der Waals surface area contributed by atoms with Crippen molar-refractivity contribution in [2.24, 2.45) is 0 Å². The molecule has 136 valence electrons. The van der Waals surface area contributed by atoms with Crippen LogP contribution in [-0.4, -0.2) is 50.3 Å². The Kier molecular flexibility index (Phi) is 4.12. The van der Waals surface area contributed by atoms with E-state index in [0.717, 1.165) is 10.9 Å². The average molecular weight is 355 g/mol. The van der Waals surface area contributed by atoms with Crippen molar-refractivity contribution >= 4 is 16.8 Å². The van der Waals surface area contributed by atoms with Gasteiger partial charge >= 0.3 is 5.69 Å². The fourth-order valence-electron chi connectivity index (χ4n) is 3.75. The third-order valence-electron chi connectivity index (χ3n) is 5.08. The molecule has 1 saturated heterocycles. The molecule has 0 spiro atoms. The Bertz CT molecular complexity index is 1000. The number of fused-ring (bicyclic) bond motifs is 1. The van der Waals surface area contributed by atoms with Gasteiger partial charge in [-0.15, -0.1) is 0 Å². The number of aromatic amines is 2. The molecule has 1 aliphatic heterocycles. The molecule has 2 aromatic heterocycles. The van der Waals surface area contributed by atoms with E-state index in [9.17, 15) is 9.59 Å². The summed E-state index contributed by atoms with van der Waals surface area (Å²) in [5, 5.41) is 7.67. The lowest BCUT2D eigenvalue weighted by molar-refractivity contribution is 0.0684. The Balaban J connectivity index is 1.76. The number of nitrogens with zero attached hydrogens (tertiary/aromatic N) is 3. The van der Waals surface area contributed by atoms with Crippen molar-refractivity contribution in [1.29, 1.82) is 0 Å². The Morgan fingerprint density at radius 3 is 3.00 bits per heavy atom. The molecule has 0 radical (unpaired) electrons. The summed E-state index contributed by atoms with van der Waals surface area (Å²) < 4.78 is 7.07. The standard InChI is InChI=1S/C18H21N5O3/c1-3-22-16(20-21-18(22)25)14-9-12(26-2)10-23(14)17(24)13-6-4-5-11-7-8-19-15(11)13/h4-8,12,14,19H,3,9-10H2,1-2H3,(H,21,25)/t12-,14-/m0/s1. The summed E-state index contributed by atoms with van der Waals surface area (Å²) in [5.41, 5.74) is 1.16. The Morgan fingerprint density at radius 1 is 1.38 bits per heavy atom. The topological polar surface area (TPSA) is 96.0 Å². The van der Waals surface area contributed by atoms with Crippen LogP contribution in [0.3, 0.4) is 0 Å². The summed E-state index contributed by atoms with van der Waals surface area (Å²) in [6, 6.07) is 7.28. The minimum absolute atomic E-state index is 0.0936. The van der Waals surface area contributed by atoms with Crippen LogP contribution in [0.2, 0.25) is 0 Å². The van der Waals surface area contributed by atoms with Crippen LogP contribution in [-0.2, 0) is 11.3 Å². The van der Waals surface area contributed by atoms with E-state index in [2.05, 4.69) is 15.2 Å². The fraction of sp³-hybridized carbons (Fsp3) is 0.389. The van der Waals surface area contributed by atoms with Crippen molar-refractivity contribution in [1.82, 2.24) is 24.6 Å². The van der Waals surface area contributed by atoms with Crippen LogP contribution in [0.15, 0.2) is 35.3 Å². The normalized spacial score (nSPS) is 20.2. The first-order valence-electron chi connectivity index (χ1n) is 8.69. The van der Waals surface area contributed by atoms with E-state index in [0.29, 0.717) is 30.9 Å². The number of para-hydroxylation sites is 1. The molecule has 1 fully saturated rings. The van der Waals surface area contributed by atoms with Crippen LogP contribution < -0.4 is 5.69 Å². The smallest absolute Gasteiger partial charge is 0.343 e. The summed E-state index contributed by atoms with van der Waals surface area (Å²) in [7, 11) is 1.64. The van der Waals surface area contributed by atoms with E-state index in [1.165, 1.54) is 0 Å². The van der Waals surface area contributed by atoms with Crippen molar-refractivity contribution in [3.8, 4) is 0 Å². The number of carbonyl (C=O) groups excluding carboxylic acids is 1. The van der Waals surface area contributed by atoms with Crippen LogP contribution >= 0.6 is 0 Å². The maximum atomic E-state index is 13.3. The predicted octanol–water partition coefficient (Wildman–Crippen LogP) is 1.67. The van der Waals surface area contributed by atoms with Crippen LogP contribution in [0.4, 0.5) is 0 Å². The summed E-state index contributed by atoms with van der Waals surface area (Å²) in [5.74, 6) is 0.477. The second kappa shape index (κ2) is 6.45. The number of aromatic nitrogens is 4. The first-order valence-corrected chi connectivity index (χ1v) is 8.69. The number of amides is 1. The molecule has 26 heavy (non-hydrogen) atoms. The van der Waals surface area contributed by atoms with Gasteiger partial charge in [-0.25, -0.2) is 9.89 Å². The van der Waals surface area contributed by atoms with Gasteiger partial charge < -0.3 is 14.6 Å². The lowest BCUT2D eigenvalue weighted by Gasteiger charge is -2.24. The number of benzene rings is 1. The summed E-state index contributed by atoms with van der Waals surface area (Å²) >= 11 is 0. The highest BCUT2D eigenvalue weighted by Gasteiger charge is 2.40. The van der Waals surface area contributed by atoms with E-state index in [-0.39, 0.29) is 23.7 Å². The number of likely N-dealkylation sites (tertiary alicyclic amines) is 1. The minimum Gasteiger partial charge on any atom is -0.380 e. The Labute approximate surface area is 149 Å². The number of H-pyrrole nitrogens is 2. The highest BCUT2D eigenvalue weighted by molar-refractivity contribution is 6.05. The SMILES string of the molecule is CCn1c([C@@H]2C[C@H](OC)CN2C(=O)c2cccc3cc[nH]c23)n[nH]c1=O. The quantitative estimate of drug-likeness (QED) is 0.744. The molecular weight excluding hydrogens is 334 g/mol. The van der Waals surface area contributed by atoms with Crippen molar-refractivity contribution in [2.75, 3.05) is 13.7 Å². The van der Waals surface area contributed by atoms with Gasteiger partial charge in [-0.2, -0.15) is 5.10 Å². The van der Waals surface area contributed by atoms with E-state index in [1.54, 1.807) is 16.6 Å². The van der Waals surface area contributed by atoms with Crippen molar-refractivity contribution in [2.45, 2.75) is 32.0 Å². The Hall–Kier alpha value is -2.87. The number of nitrogens with one attached hydrogen (secondary N) is 2. The second-order valence-electron chi connectivity index (χ2n) is 6.45. The molecule has 2 N–H and O–H groups in total. The molecule has 8 nitrogen and oxygen atoms in total. The first-order chi connectivity index (χ1) is 12.6. The maximum absolute atomic E-state index is 13.3. The van der Waals surface area contributed by atoms with Crippen LogP contribution in [0.5, 0.6) is 0 Å². The number of ether oxygens (including phenoxy) is 1. The van der Waals surface area contributed by atoms with Crippen LogP contribution in [0.1, 0.15) is 35.6 Å². The van der Waals surface area contributed by atoms with E-state index >= 15 is 0 Å². The zero-order valence-electron chi connectivity index (χ0n) is 14.7. The molecule has 0 unspecified atom stereocenters. The highest BCUT2D eigenvalue weighted by atomic mass is 16.5. The van der Waals surface area contributed by atoms with E-state index in [4.69, 9.17) is 4.74 Å². The molecule has 0 bridgehead atoms. The minimum atomic E-state index is -0.309. The fourth-order valence-corrected chi connectivity index (χ4v) is 3.75. The monoisotopic (exact) mass is 355 g/mol. The van der Waals surface area contributed by atoms with Gasteiger partial charge in [0.15, 0.2) is 5.82 Å². The van der Waals surface area contributed by atoms with Gasteiger partial charge in [0, 0.05) is 38.2 Å². The van der Waals surface area contributed by atoms with Gasteiger partial charge in [0.05, 0.1) is 23.2 Å². The predicted molar refractivity (Wildman–Crippen MR) is 96.0 cm³/mol. The van der Waals surface area contributed by atoms with Crippen LogP contribution in [0.25, 0.3) is 10.9 Å². The van der Waals surface area contributed by atoms with Crippen molar-refractivity contribution in [3.05, 3.63) is 52.3 Å². The second-order valence-corrected chi connectivity index (χ2v) is 6.45. The molecule has 1 amide bonds. The largest absolute Gasteiger partial charge is 0.380 e.